The normalized spacial score (nSPS) is 14.2. The number of rotatable bonds is 2. The highest BCUT2D eigenvalue weighted by atomic mass is 32.1. The van der Waals surface area contributed by atoms with Crippen LogP contribution in [0.3, 0.4) is 0 Å². The summed E-state index contributed by atoms with van der Waals surface area (Å²) in [5, 5.41) is 15.0. The number of aromatic amines is 1. The highest BCUT2D eigenvalue weighted by Gasteiger charge is 2.15. The van der Waals surface area contributed by atoms with Gasteiger partial charge in [-0.3, -0.25) is 4.79 Å². The molecule has 1 aliphatic heterocycles. The molecule has 1 amide bonds. The number of aromatic nitrogens is 2. The summed E-state index contributed by atoms with van der Waals surface area (Å²) in [4.78, 5) is 19.6. The predicted molar refractivity (Wildman–Crippen MR) is 96.3 cm³/mol. The molecule has 7 heteroatoms. The Kier molecular flexibility index (Phi) is 5.12. The summed E-state index contributed by atoms with van der Waals surface area (Å²) in [5.41, 5.74) is 6.40. The van der Waals surface area contributed by atoms with Crippen LogP contribution in [0, 0.1) is 0 Å². The first-order valence-corrected chi connectivity index (χ1v) is 8.81. The molecule has 0 saturated carbocycles. The number of primary amides is 1. The number of aromatic hydroxyl groups is 1. The van der Waals surface area contributed by atoms with E-state index < -0.39 is 5.91 Å². The van der Waals surface area contributed by atoms with E-state index in [1.54, 1.807) is 0 Å². The van der Waals surface area contributed by atoms with E-state index in [1.165, 1.54) is 55.8 Å². The zero-order valence-electron chi connectivity index (χ0n) is 13.2. The minimum atomic E-state index is -0.566. The van der Waals surface area contributed by atoms with E-state index in [9.17, 15) is 9.90 Å². The lowest BCUT2D eigenvalue weighted by molar-refractivity contribution is 0.100. The molecule has 5 N–H and O–H groups in total. The number of phenols is 1. The van der Waals surface area contributed by atoms with Crippen LogP contribution in [0.1, 0.15) is 29.6 Å². The quantitative estimate of drug-likeness (QED) is 0.574. The number of amides is 1. The summed E-state index contributed by atoms with van der Waals surface area (Å²) in [7, 11) is 0. The average Bonchev–Trinajstić information content (AvgIpc) is 3.27. The molecule has 1 aliphatic rings. The second kappa shape index (κ2) is 7.46. The van der Waals surface area contributed by atoms with Crippen LogP contribution in [-0.2, 0) is 0 Å². The van der Waals surface area contributed by atoms with Gasteiger partial charge < -0.3 is 21.1 Å². The van der Waals surface area contributed by atoms with Crippen molar-refractivity contribution in [3.05, 3.63) is 35.2 Å². The van der Waals surface area contributed by atoms with Gasteiger partial charge in [0, 0.05) is 0 Å². The molecular weight excluding hydrogens is 324 g/mol. The third-order valence-corrected chi connectivity index (χ3v) is 4.73. The fourth-order valence-corrected chi connectivity index (χ4v) is 3.28. The van der Waals surface area contributed by atoms with Gasteiger partial charge in [-0.15, -0.1) is 11.3 Å². The average molecular weight is 344 g/mol. The highest BCUT2D eigenvalue weighted by Crippen LogP contribution is 2.30. The second-order valence-corrected chi connectivity index (χ2v) is 6.54. The Morgan fingerprint density at radius 3 is 2.54 bits per heavy atom. The molecule has 4 rings (SSSR count). The maximum atomic E-state index is 11.3. The molecule has 24 heavy (non-hydrogen) atoms. The number of hydrogen-bond acceptors (Lipinski definition) is 5. The summed E-state index contributed by atoms with van der Waals surface area (Å²) < 4.78 is 0. The van der Waals surface area contributed by atoms with Gasteiger partial charge >= 0.3 is 0 Å². The fourth-order valence-electron chi connectivity index (χ4n) is 2.61. The van der Waals surface area contributed by atoms with E-state index in [1.807, 2.05) is 17.5 Å². The van der Waals surface area contributed by atoms with Crippen molar-refractivity contribution >= 4 is 28.3 Å². The van der Waals surface area contributed by atoms with Crippen LogP contribution in [-0.4, -0.2) is 34.1 Å². The molecule has 0 unspecified atom stereocenters. The number of nitrogens with zero attached hydrogens (tertiary/aromatic N) is 1. The number of carbonyl (C=O) groups is 1. The Bertz CT molecular complexity index is 811. The Hall–Kier alpha value is -2.38. The zero-order valence-corrected chi connectivity index (χ0v) is 14.0. The van der Waals surface area contributed by atoms with Crippen molar-refractivity contribution in [2.45, 2.75) is 19.3 Å². The number of piperidine rings is 1. The Balaban J connectivity index is 0.000000238. The molecule has 0 bridgehead atoms. The Morgan fingerprint density at radius 2 is 2.00 bits per heavy atom. The lowest BCUT2D eigenvalue weighted by Crippen LogP contribution is -2.21. The predicted octanol–water partition coefficient (Wildman–Crippen LogP) is 2.86. The van der Waals surface area contributed by atoms with Crippen molar-refractivity contribution in [2.75, 3.05) is 13.1 Å². The van der Waals surface area contributed by atoms with Crippen molar-refractivity contribution in [2.24, 2.45) is 5.73 Å². The lowest BCUT2D eigenvalue weighted by atomic mass is 10.1. The maximum Gasteiger partial charge on any atom is 0.250 e. The number of hydrogen-bond donors (Lipinski definition) is 4. The molecule has 0 spiro atoms. The second-order valence-electron chi connectivity index (χ2n) is 5.59. The van der Waals surface area contributed by atoms with Crippen LogP contribution in [0.15, 0.2) is 29.6 Å². The van der Waals surface area contributed by atoms with Crippen molar-refractivity contribution < 1.29 is 9.90 Å². The number of nitrogens with two attached hydrogens (primary N) is 1. The number of H-pyrrole nitrogens is 1. The number of phenolic OH excluding ortho intramolecular Hbond substituents is 1. The molecule has 2 aromatic heterocycles. The van der Waals surface area contributed by atoms with Crippen LogP contribution in [0.4, 0.5) is 0 Å². The van der Waals surface area contributed by atoms with E-state index in [2.05, 4.69) is 15.3 Å². The molecule has 1 aromatic carbocycles. The number of thiophene rings is 1. The van der Waals surface area contributed by atoms with Crippen molar-refractivity contribution in [3.8, 4) is 16.5 Å². The van der Waals surface area contributed by atoms with Gasteiger partial charge in [0.05, 0.1) is 10.4 Å². The summed E-state index contributed by atoms with van der Waals surface area (Å²) in [5.74, 6) is 0.0959. The van der Waals surface area contributed by atoms with E-state index in [4.69, 9.17) is 5.73 Å². The van der Waals surface area contributed by atoms with Crippen molar-refractivity contribution in [3.63, 3.8) is 0 Å². The van der Waals surface area contributed by atoms with Gasteiger partial charge in [0.25, 0.3) is 5.91 Å². The minimum Gasteiger partial charge on any atom is -0.506 e. The van der Waals surface area contributed by atoms with Gasteiger partial charge in [-0.25, -0.2) is 4.98 Å². The molecular formula is C17H20N4O2S. The zero-order chi connectivity index (χ0) is 16.9. The molecule has 0 atom stereocenters. The van der Waals surface area contributed by atoms with E-state index >= 15 is 0 Å². The van der Waals surface area contributed by atoms with Crippen LogP contribution in [0.5, 0.6) is 5.75 Å². The van der Waals surface area contributed by atoms with Crippen LogP contribution < -0.4 is 11.1 Å². The summed E-state index contributed by atoms with van der Waals surface area (Å²) in [6.45, 7) is 2.50. The van der Waals surface area contributed by atoms with Crippen LogP contribution in [0.2, 0.25) is 0 Å². The van der Waals surface area contributed by atoms with Gasteiger partial charge in [-0.2, -0.15) is 0 Å². The summed E-state index contributed by atoms with van der Waals surface area (Å²) in [6.07, 6.45) is 4.22. The number of fused-ring (bicyclic) bond motifs is 1. The monoisotopic (exact) mass is 344 g/mol. The molecule has 0 radical (unpaired) electrons. The first-order valence-electron chi connectivity index (χ1n) is 7.93. The lowest BCUT2D eigenvalue weighted by Gasteiger charge is -2.08. The maximum absolute atomic E-state index is 11.3. The Morgan fingerprint density at radius 1 is 1.21 bits per heavy atom. The molecule has 3 heterocycles. The molecule has 1 fully saturated rings. The number of nitrogens with one attached hydrogen (secondary N) is 2. The van der Waals surface area contributed by atoms with E-state index in [-0.39, 0.29) is 5.75 Å². The van der Waals surface area contributed by atoms with E-state index in [0.29, 0.717) is 22.4 Å². The van der Waals surface area contributed by atoms with Crippen LogP contribution >= 0.6 is 11.3 Å². The summed E-state index contributed by atoms with van der Waals surface area (Å²) in [6, 6.07) is 6.71. The molecule has 3 aromatic rings. The fraction of sp³-hybridized carbons (Fsp3) is 0.294. The third-order valence-electron chi connectivity index (χ3n) is 3.85. The number of benzene rings is 1. The minimum absolute atomic E-state index is 0.0466. The first kappa shape index (κ1) is 16.5. The molecule has 0 aliphatic carbocycles. The molecule has 1 saturated heterocycles. The smallest absolute Gasteiger partial charge is 0.250 e. The van der Waals surface area contributed by atoms with Gasteiger partial charge in [0.1, 0.15) is 22.6 Å². The van der Waals surface area contributed by atoms with Gasteiger partial charge in [-0.1, -0.05) is 12.5 Å². The Labute approximate surface area is 143 Å². The topological polar surface area (TPSA) is 104 Å². The largest absolute Gasteiger partial charge is 0.506 e. The molecule has 6 nitrogen and oxygen atoms in total. The summed E-state index contributed by atoms with van der Waals surface area (Å²) >= 11 is 1.52. The third kappa shape index (κ3) is 3.58. The van der Waals surface area contributed by atoms with E-state index in [0.717, 1.165) is 4.88 Å². The standard InChI is InChI=1S/C12H9N3O2S.C5H11N/c13-11(17)6-3-4-7(16)10-9(6)14-12(15-10)8-2-1-5-18-8;1-2-4-6-5-3-1/h1-5,16H,(H2,13,17)(H,14,15);6H,1-5H2. The number of imidazole rings is 1. The van der Waals surface area contributed by atoms with Crippen LogP contribution in [0.25, 0.3) is 21.7 Å². The van der Waals surface area contributed by atoms with Crippen molar-refractivity contribution in [1.29, 1.82) is 0 Å². The van der Waals surface area contributed by atoms with Gasteiger partial charge in [0.2, 0.25) is 0 Å². The van der Waals surface area contributed by atoms with Crippen molar-refractivity contribution in [1.82, 2.24) is 15.3 Å². The highest BCUT2D eigenvalue weighted by molar-refractivity contribution is 7.13. The molecule has 126 valence electrons. The van der Waals surface area contributed by atoms with Gasteiger partial charge in [0.15, 0.2) is 0 Å². The SMILES string of the molecule is C1CCNCC1.NC(=O)c1ccc(O)c2[nH]c(-c3cccs3)nc12. The number of carbonyl (C=O) groups excluding carboxylic acids is 1. The van der Waals surface area contributed by atoms with Gasteiger partial charge in [-0.05, 0) is 49.5 Å². The first-order chi connectivity index (χ1) is 11.7.